The standard InChI is InChI=1S/C15H12ClNO5S/c1-7-2-8(15(18)19)4-12-13(7)22-14-9(6-23(12,20)21)3-10(17)5-11(14)16/h2-5H,6,17H2,1H3,(H,18,19). The Morgan fingerprint density at radius 2 is 1.96 bits per heavy atom. The summed E-state index contributed by atoms with van der Waals surface area (Å²) in [7, 11) is -3.81. The molecular weight excluding hydrogens is 342 g/mol. The van der Waals surface area contributed by atoms with Gasteiger partial charge in [0.05, 0.1) is 16.3 Å². The molecule has 8 heteroatoms. The smallest absolute Gasteiger partial charge is 0.335 e. The average Bonchev–Trinajstić information content (AvgIpc) is 2.53. The largest absolute Gasteiger partial charge is 0.478 e. The number of benzene rings is 2. The maximum Gasteiger partial charge on any atom is 0.335 e. The fraction of sp³-hybridized carbons (Fsp3) is 0.133. The van der Waals surface area contributed by atoms with Gasteiger partial charge in [0.2, 0.25) is 0 Å². The van der Waals surface area contributed by atoms with Gasteiger partial charge in [0, 0.05) is 11.3 Å². The van der Waals surface area contributed by atoms with Crippen LogP contribution in [-0.2, 0) is 15.6 Å². The number of hydrogen-bond donors (Lipinski definition) is 2. The molecule has 0 saturated carbocycles. The van der Waals surface area contributed by atoms with Gasteiger partial charge in [0.15, 0.2) is 9.84 Å². The predicted molar refractivity (Wildman–Crippen MR) is 85.0 cm³/mol. The van der Waals surface area contributed by atoms with Crippen LogP contribution in [0.5, 0.6) is 11.5 Å². The molecule has 0 radical (unpaired) electrons. The summed E-state index contributed by atoms with van der Waals surface area (Å²) < 4.78 is 31.0. The minimum absolute atomic E-state index is 0.0837. The van der Waals surface area contributed by atoms with Gasteiger partial charge in [-0.3, -0.25) is 0 Å². The van der Waals surface area contributed by atoms with Crippen LogP contribution in [0, 0.1) is 6.92 Å². The van der Waals surface area contributed by atoms with E-state index in [1.807, 2.05) is 0 Å². The van der Waals surface area contributed by atoms with Gasteiger partial charge in [-0.15, -0.1) is 0 Å². The van der Waals surface area contributed by atoms with Gasteiger partial charge in [-0.2, -0.15) is 0 Å². The quantitative estimate of drug-likeness (QED) is 0.763. The predicted octanol–water partition coefficient (Wildman–Crippen LogP) is 3.01. The highest BCUT2D eigenvalue weighted by molar-refractivity contribution is 7.90. The lowest BCUT2D eigenvalue weighted by Gasteiger charge is -2.13. The highest BCUT2D eigenvalue weighted by Crippen LogP contribution is 2.44. The van der Waals surface area contributed by atoms with E-state index in [0.717, 1.165) is 6.07 Å². The lowest BCUT2D eigenvalue weighted by molar-refractivity contribution is 0.0696. The van der Waals surface area contributed by atoms with Gasteiger partial charge in [0.25, 0.3) is 0 Å². The number of carboxylic acid groups (broad SMARTS) is 1. The fourth-order valence-corrected chi connectivity index (χ4v) is 4.36. The van der Waals surface area contributed by atoms with Gasteiger partial charge in [0.1, 0.15) is 16.4 Å². The van der Waals surface area contributed by atoms with Crippen LogP contribution in [-0.4, -0.2) is 19.5 Å². The second-order valence-electron chi connectivity index (χ2n) is 5.28. The molecule has 0 aromatic heterocycles. The Labute approximate surface area is 137 Å². The number of fused-ring (bicyclic) bond motifs is 2. The fourth-order valence-electron chi connectivity index (χ4n) is 2.51. The average molecular weight is 354 g/mol. The van der Waals surface area contributed by atoms with E-state index in [2.05, 4.69) is 0 Å². The number of nitrogen functional groups attached to an aromatic ring is 1. The first-order valence-corrected chi connectivity index (χ1v) is 8.58. The maximum absolute atomic E-state index is 12.6. The van der Waals surface area contributed by atoms with Crippen molar-refractivity contribution in [3.8, 4) is 11.5 Å². The molecule has 0 bridgehead atoms. The van der Waals surface area contributed by atoms with E-state index in [0.29, 0.717) is 16.8 Å². The molecule has 0 saturated heterocycles. The molecule has 0 spiro atoms. The van der Waals surface area contributed by atoms with Crippen LogP contribution < -0.4 is 10.5 Å². The molecule has 0 amide bonds. The number of carboxylic acids is 1. The van der Waals surface area contributed by atoms with Crippen molar-refractivity contribution in [3.05, 3.63) is 46.0 Å². The van der Waals surface area contributed by atoms with Crippen molar-refractivity contribution >= 4 is 33.1 Å². The highest BCUT2D eigenvalue weighted by atomic mass is 35.5. The van der Waals surface area contributed by atoms with E-state index in [1.54, 1.807) is 6.92 Å². The van der Waals surface area contributed by atoms with Crippen molar-refractivity contribution in [2.45, 2.75) is 17.6 Å². The topological polar surface area (TPSA) is 107 Å². The number of carbonyl (C=O) groups is 1. The van der Waals surface area contributed by atoms with E-state index in [-0.39, 0.29) is 32.7 Å². The molecule has 2 aromatic rings. The summed E-state index contributed by atoms with van der Waals surface area (Å²) in [5.74, 6) is -1.28. The molecule has 23 heavy (non-hydrogen) atoms. The van der Waals surface area contributed by atoms with Gasteiger partial charge in [-0.1, -0.05) is 11.6 Å². The third-order valence-corrected chi connectivity index (χ3v) is 5.46. The van der Waals surface area contributed by atoms with Crippen molar-refractivity contribution in [1.29, 1.82) is 0 Å². The SMILES string of the molecule is Cc1cc(C(=O)O)cc2c1Oc1c(Cl)cc(N)cc1CS2(=O)=O. The molecule has 0 atom stereocenters. The van der Waals surface area contributed by atoms with Crippen LogP contribution in [0.3, 0.4) is 0 Å². The van der Waals surface area contributed by atoms with Crippen LogP contribution in [0.4, 0.5) is 5.69 Å². The molecule has 0 unspecified atom stereocenters. The maximum atomic E-state index is 12.6. The van der Waals surface area contributed by atoms with Gasteiger partial charge in [-0.25, -0.2) is 13.2 Å². The zero-order valence-corrected chi connectivity index (χ0v) is 13.5. The molecule has 120 valence electrons. The first kappa shape index (κ1) is 15.6. The van der Waals surface area contributed by atoms with Crippen molar-refractivity contribution < 1.29 is 23.1 Å². The second-order valence-corrected chi connectivity index (χ2v) is 7.64. The summed E-state index contributed by atoms with van der Waals surface area (Å²) in [6.45, 7) is 1.58. The number of rotatable bonds is 1. The first-order chi connectivity index (χ1) is 10.7. The minimum atomic E-state index is -3.81. The van der Waals surface area contributed by atoms with Crippen molar-refractivity contribution in [2.24, 2.45) is 0 Å². The molecule has 3 N–H and O–H groups in total. The normalized spacial score (nSPS) is 15.0. The zero-order valence-electron chi connectivity index (χ0n) is 12.0. The van der Waals surface area contributed by atoms with Crippen LogP contribution >= 0.6 is 11.6 Å². The second kappa shape index (κ2) is 5.14. The Morgan fingerprint density at radius 1 is 1.26 bits per heavy atom. The molecule has 1 aliphatic heterocycles. The van der Waals surface area contributed by atoms with E-state index in [1.165, 1.54) is 18.2 Å². The zero-order chi connectivity index (χ0) is 16.9. The van der Waals surface area contributed by atoms with E-state index in [4.69, 9.17) is 27.2 Å². The van der Waals surface area contributed by atoms with Crippen LogP contribution in [0.1, 0.15) is 21.5 Å². The van der Waals surface area contributed by atoms with Crippen LogP contribution in [0.25, 0.3) is 0 Å². The van der Waals surface area contributed by atoms with Crippen molar-refractivity contribution in [2.75, 3.05) is 5.73 Å². The molecule has 0 fully saturated rings. The molecule has 2 aromatic carbocycles. The van der Waals surface area contributed by atoms with Crippen LogP contribution in [0.2, 0.25) is 5.02 Å². The Balaban J connectivity index is 2.33. The van der Waals surface area contributed by atoms with Gasteiger partial charge < -0.3 is 15.6 Å². The lowest BCUT2D eigenvalue weighted by Crippen LogP contribution is -2.07. The number of halogens is 1. The number of aromatic carboxylic acids is 1. The van der Waals surface area contributed by atoms with E-state index < -0.39 is 15.8 Å². The first-order valence-electron chi connectivity index (χ1n) is 6.55. The van der Waals surface area contributed by atoms with E-state index in [9.17, 15) is 13.2 Å². The molecule has 3 rings (SSSR count). The molecule has 1 heterocycles. The summed E-state index contributed by atoms with van der Waals surface area (Å²) in [6.07, 6.45) is 0. The molecule has 6 nitrogen and oxygen atoms in total. The highest BCUT2D eigenvalue weighted by Gasteiger charge is 2.30. The molecule has 0 aliphatic carbocycles. The van der Waals surface area contributed by atoms with E-state index >= 15 is 0 Å². The van der Waals surface area contributed by atoms with Crippen molar-refractivity contribution in [3.63, 3.8) is 0 Å². The monoisotopic (exact) mass is 353 g/mol. The Morgan fingerprint density at radius 3 is 2.61 bits per heavy atom. The number of sulfone groups is 1. The number of nitrogens with two attached hydrogens (primary N) is 1. The summed E-state index contributed by atoms with van der Waals surface area (Å²) >= 11 is 6.12. The summed E-state index contributed by atoms with van der Waals surface area (Å²) in [4.78, 5) is 11.0. The summed E-state index contributed by atoms with van der Waals surface area (Å²) in [6, 6.07) is 5.41. The third kappa shape index (κ3) is 2.62. The van der Waals surface area contributed by atoms with Crippen molar-refractivity contribution in [1.82, 2.24) is 0 Å². The number of aryl methyl sites for hydroxylation is 1. The lowest BCUT2D eigenvalue weighted by atomic mass is 10.1. The summed E-state index contributed by atoms with van der Waals surface area (Å²) in [5, 5.41) is 9.33. The minimum Gasteiger partial charge on any atom is -0.478 e. The Bertz CT molecular complexity index is 953. The third-order valence-electron chi connectivity index (χ3n) is 3.52. The molecular formula is C15H12ClNO5S. The van der Waals surface area contributed by atoms with Crippen LogP contribution in [0.15, 0.2) is 29.2 Å². The van der Waals surface area contributed by atoms with Gasteiger partial charge in [-0.05, 0) is 36.8 Å². The molecule has 1 aliphatic rings. The Kier molecular flexibility index (Phi) is 3.50. The number of hydrogen-bond acceptors (Lipinski definition) is 5. The number of ether oxygens (including phenoxy) is 1. The van der Waals surface area contributed by atoms with Gasteiger partial charge >= 0.3 is 5.97 Å². The Hall–Kier alpha value is -2.25. The summed E-state index contributed by atoms with van der Waals surface area (Å²) in [5.41, 5.74) is 6.64. The number of anilines is 1.